The van der Waals surface area contributed by atoms with Crippen LogP contribution in [0.1, 0.15) is 34.7 Å². The summed E-state index contributed by atoms with van der Waals surface area (Å²) >= 11 is 1.59. The molecule has 1 aromatic carbocycles. The van der Waals surface area contributed by atoms with Gasteiger partial charge >= 0.3 is 0 Å². The first-order valence-electron chi connectivity index (χ1n) is 8.23. The number of nitrogens with zero attached hydrogens (tertiary/aromatic N) is 3. The summed E-state index contributed by atoms with van der Waals surface area (Å²) < 4.78 is 7.76. The average Bonchev–Trinajstić information content (AvgIpc) is 3.33. The zero-order chi connectivity index (χ0) is 17.4. The number of thioether (sulfide) groups is 1. The first-order chi connectivity index (χ1) is 12.1. The number of hydrogen-bond donors (Lipinski definition) is 0. The highest BCUT2D eigenvalue weighted by molar-refractivity contribution is 7.98. The average molecular weight is 353 g/mol. The van der Waals surface area contributed by atoms with Crippen molar-refractivity contribution in [2.75, 3.05) is 11.4 Å². The van der Waals surface area contributed by atoms with Crippen LogP contribution < -0.4 is 4.90 Å². The van der Waals surface area contributed by atoms with Gasteiger partial charge in [0, 0.05) is 37.6 Å². The van der Waals surface area contributed by atoms with Crippen LogP contribution >= 0.6 is 11.8 Å². The predicted octanol–water partition coefficient (Wildman–Crippen LogP) is 4.07. The Morgan fingerprint density at radius 1 is 1.32 bits per heavy atom. The van der Waals surface area contributed by atoms with E-state index in [1.54, 1.807) is 24.0 Å². The molecule has 3 aromatic rings. The third-order valence-corrected chi connectivity index (χ3v) is 5.53. The van der Waals surface area contributed by atoms with Gasteiger partial charge in [-0.2, -0.15) is 0 Å². The Labute approximate surface area is 150 Å². The van der Waals surface area contributed by atoms with E-state index in [-0.39, 0.29) is 5.91 Å². The highest BCUT2D eigenvalue weighted by atomic mass is 32.2. The third kappa shape index (κ3) is 2.98. The summed E-state index contributed by atoms with van der Waals surface area (Å²) in [6.07, 6.45) is 3.68. The van der Waals surface area contributed by atoms with Gasteiger partial charge < -0.3 is 13.9 Å². The molecule has 128 valence electrons. The maximum Gasteiger partial charge on any atom is 0.293 e. The number of rotatable bonds is 4. The van der Waals surface area contributed by atoms with E-state index >= 15 is 0 Å². The Morgan fingerprint density at radius 3 is 2.96 bits per heavy atom. The number of aryl methyl sites for hydroxylation is 1. The molecule has 1 unspecified atom stereocenters. The van der Waals surface area contributed by atoms with Crippen molar-refractivity contribution in [3.05, 3.63) is 65.9 Å². The number of imidazole rings is 1. The van der Waals surface area contributed by atoms with E-state index in [0.717, 1.165) is 16.6 Å². The second kappa shape index (κ2) is 6.44. The summed E-state index contributed by atoms with van der Waals surface area (Å²) in [5.74, 6) is 2.07. The number of para-hydroxylation sites is 1. The van der Waals surface area contributed by atoms with Crippen LogP contribution in [0.4, 0.5) is 5.69 Å². The number of aromatic nitrogens is 2. The minimum Gasteiger partial charge on any atom is -0.455 e. The molecule has 1 aliphatic rings. The molecule has 2 aromatic heterocycles. The van der Waals surface area contributed by atoms with Crippen LogP contribution in [0.3, 0.4) is 0 Å². The molecule has 3 heterocycles. The second-order valence-electron chi connectivity index (χ2n) is 6.25. The first kappa shape index (κ1) is 16.0. The SMILES string of the molecule is CC1CN(C(=O)c2ccc(CSc3nccn3C)o2)c2ccccc21. The van der Waals surface area contributed by atoms with Crippen molar-refractivity contribution in [2.45, 2.75) is 23.8 Å². The van der Waals surface area contributed by atoms with E-state index in [2.05, 4.69) is 18.0 Å². The highest BCUT2D eigenvalue weighted by Crippen LogP contribution is 2.36. The molecule has 0 N–H and O–H groups in total. The van der Waals surface area contributed by atoms with Crippen LogP contribution in [0.15, 0.2) is 58.4 Å². The highest BCUT2D eigenvalue weighted by Gasteiger charge is 2.31. The van der Waals surface area contributed by atoms with Crippen LogP contribution in [-0.4, -0.2) is 22.0 Å². The van der Waals surface area contributed by atoms with Gasteiger partial charge in [0.1, 0.15) is 5.76 Å². The molecule has 1 atom stereocenters. The van der Waals surface area contributed by atoms with Gasteiger partial charge in [0.05, 0.1) is 5.75 Å². The van der Waals surface area contributed by atoms with Crippen LogP contribution in [0.5, 0.6) is 0 Å². The van der Waals surface area contributed by atoms with Crippen molar-refractivity contribution < 1.29 is 9.21 Å². The molecule has 0 saturated heterocycles. The number of carbonyl (C=O) groups excluding carboxylic acids is 1. The van der Waals surface area contributed by atoms with Gasteiger partial charge in [-0.05, 0) is 23.8 Å². The van der Waals surface area contributed by atoms with E-state index in [1.807, 2.05) is 47.0 Å². The van der Waals surface area contributed by atoms with Gasteiger partial charge in [-0.1, -0.05) is 36.9 Å². The molecule has 1 amide bonds. The number of benzene rings is 1. The smallest absolute Gasteiger partial charge is 0.293 e. The number of anilines is 1. The van der Waals surface area contributed by atoms with Crippen molar-refractivity contribution in [3.63, 3.8) is 0 Å². The van der Waals surface area contributed by atoms with Crippen LogP contribution in [0.25, 0.3) is 0 Å². The van der Waals surface area contributed by atoms with E-state index in [9.17, 15) is 4.79 Å². The van der Waals surface area contributed by atoms with Crippen molar-refractivity contribution in [1.29, 1.82) is 0 Å². The molecule has 6 heteroatoms. The molecule has 0 fully saturated rings. The van der Waals surface area contributed by atoms with E-state index in [0.29, 0.717) is 24.0 Å². The largest absolute Gasteiger partial charge is 0.455 e. The fourth-order valence-electron chi connectivity index (χ4n) is 3.14. The zero-order valence-corrected chi connectivity index (χ0v) is 15.0. The minimum absolute atomic E-state index is 0.0787. The normalized spacial score (nSPS) is 16.2. The maximum atomic E-state index is 12.9. The maximum absolute atomic E-state index is 12.9. The lowest BCUT2D eigenvalue weighted by Crippen LogP contribution is -2.29. The molecule has 4 rings (SSSR count). The van der Waals surface area contributed by atoms with Crippen LogP contribution in [0.2, 0.25) is 0 Å². The molecule has 0 saturated carbocycles. The molecule has 25 heavy (non-hydrogen) atoms. The number of carbonyl (C=O) groups is 1. The van der Waals surface area contributed by atoms with Crippen LogP contribution in [0, 0.1) is 0 Å². The number of fused-ring (bicyclic) bond motifs is 1. The van der Waals surface area contributed by atoms with Crippen molar-refractivity contribution in [1.82, 2.24) is 9.55 Å². The topological polar surface area (TPSA) is 51.3 Å². The molecule has 0 bridgehead atoms. The lowest BCUT2D eigenvalue weighted by molar-refractivity contribution is 0.0960. The van der Waals surface area contributed by atoms with E-state index in [4.69, 9.17) is 4.42 Å². The van der Waals surface area contributed by atoms with Crippen molar-refractivity contribution >= 4 is 23.4 Å². The molecule has 0 aliphatic carbocycles. The zero-order valence-electron chi connectivity index (χ0n) is 14.2. The van der Waals surface area contributed by atoms with Gasteiger partial charge in [-0.15, -0.1) is 0 Å². The fourth-order valence-corrected chi connectivity index (χ4v) is 3.97. The van der Waals surface area contributed by atoms with Crippen molar-refractivity contribution in [2.24, 2.45) is 7.05 Å². The van der Waals surface area contributed by atoms with Gasteiger partial charge in [0.2, 0.25) is 0 Å². The van der Waals surface area contributed by atoms with Crippen molar-refractivity contribution in [3.8, 4) is 0 Å². The van der Waals surface area contributed by atoms with Gasteiger partial charge in [-0.3, -0.25) is 4.79 Å². The third-order valence-electron chi connectivity index (χ3n) is 4.45. The second-order valence-corrected chi connectivity index (χ2v) is 7.19. The fraction of sp³-hybridized carbons (Fsp3) is 0.263. The van der Waals surface area contributed by atoms with Crippen LogP contribution in [-0.2, 0) is 12.8 Å². The molecule has 5 nitrogen and oxygen atoms in total. The quantitative estimate of drug-likeness (QED) is 0.664. The molecule has 0 radical (unpaired) electrons. The monoisotopic (exact) mass is 353 g/mol. The first-order valence-corrected chi connectivity index (χ1v) is 9.21. The summed E-state index contributed by atoms with van der Waals surface area (Å²) in [5, 5.41) is 0.923. The van der Waals surface area contributed by atoms with E-state index < -0.39 is 0 Å². The standard InChI is InChI=1S/C19H19N3O2S/c1-13-11-22(16-6-4-3-5-15(13)16)18(23)17-8-7-14(24-17)12-25-19-20-9-10-21(19)2/h3-10,13H,11-12H2,1-2H3. The summed E-state index contributed by atoms with van der Waals surface area (Å²) in [7, 11) is 1.96. The molecular formula is C19H19N3O2S. The Bertz CT molecular complexity index is 915. The summed E-state index contributed by atoms with van der Waals surface area (Å²) in [5.41, 5.74) is 2.20. The lowest BCUT2D eigenvalue weighted by Gasteiger charge is -2.15. The summed E-state index contributed by atoms with van der Waals surface area (Å²) in [4.78, 5) is 19.0. The Hall–Kier alpha value is -2.47. The Kier molecular flexibility index (Phi) is 4.13. The molecular weight excluding hydrogens is 334 g/mol. The number of hydrogen-bond acceptors (Lipinski definition) is 4. The Morgan fingerprint density at radius 2 is 2.16 bits per heavy atom. The number of amides is 1. The lowest BCUT2D eigenvalue weighted by atomic mass is 10.0. The number of furan rings is 1. The van der Waals surface area contributed by atoms with Gasteiger partial charge in [0.25, 0.3) is 5.91 Å². The summed E-state index contributed by atoms with van der Waals surface area (Å²) in [6.45, 7) is 2.83. The Balaban J connectivity index is 1.49. The van der Waals surface area contributed by atoms with E-state index in [1.165, 1.54) is 5.56 Å². The van der Waals surface area contributed by atoms with Gasteiger partial charge in [-0.25, -0.2) is 4.98 Å². The summed E-state index contributed by atoms with van der Waals surface area (Å²) in [6, 6.07) is 11.7. The molecule has 0 spiro atoms. The predicted molar refractivity (Wildman–Crippen MR) is 98.0 cm³/mol. The molecule has 1 aliphatic heterocycles. The van der Waals surface area contributed by atoms with Gasteiger partial charge in [0.15, 0.2) is 10.9 Å². The minimum atomic E-state index is -0.0787.